The molecule has 1 atom stereocenters. The van der Waals surface area contributed by atoms with E-state index in [-0.39, 0.29) is 11.1 Å². The lowest BCUT2D eigenvalue weighted by Gasteiger charge is -2.17. The Labute approximate surface area is 138 Å². The van der Waals surface area contributed by atoms with Crippen LogP contribution in [0.1, 0.15) is 17.2 Å². The van der Waals surface area contributed by atoms with Crippen molar-refractivity contribution in [2.75, 3.05) is 0 Å². The van der Waals surface area contributed by atoms with E-state index >= 15 is 0 Å². The van der Waals surface area contributed by atoms with E-state index in [1.54, 1.807) is 7.05 Å². The highest BCUT2D eigenvalue weighted by Crippen LogP contribution is 2.50. The number of aromatic nitrogens is 2. The van der Waals surface area contributed by atoms with Crippen molar-refractivity contribution in [3.63, 3.8) is 0 Å². The molecule has 5 nitrogen and oxygen atoms in total. The molecule has 1 heterocycles. The maximum absolute atomic E-state index is 13.9. The number of aliphatic hydroxyl groups is 1. The molecular formula is C14H11F5N2O3S. The standard InChI is InChI=1S/C14H11F5N2O3S/c1-21-6-7(5-20-21)8-2-3-10(25(23,24)14(17,18)19)11-9(8)4-13(15,16)12(11)22/h2-3,5-6,12,22H,4H2,1H3/t12-/m0/s1. The van der Waals surface area contributed by atoms with Crippen LogP contribution in [0.2, 0.25) is 0 Å². The van der Waals surface area contributed by atoms with Gasteiger partial charge in [0.05, 0.1) is 11.1 Å². The average molecular weight is 382 g/mol. The van der Waals surface area contributed by atoms with Crippen LogP contribution < -0.4 is 0 Å². The van der Waals surface area contributed by atoms with E-state index in [2.05, 4.69) is 5.10 Å². The molecule has 0 saturated heterocycles. The zero-order valence-electron chi connectivity index (χ0n) is 12.6. The predicted molar refractivity (Wildman–Crippen MR) is 75.5 cm³/mol. The average Bonchev–Trinajstić information content (AvgIpc) is 2.99. The minimum atomic E-state index is -5.89. The summed E-state index contributed by atoms with van der Waals surface area (Å²) in [6.45, 7) is 0. The first-order valence-corrected chi connectivity index (χ1v) is 8.36. The van der Waals surface area contributed by atoms with Gasteiger partial charge in [-0.1, -0.05) is 6.07 Å². The summed E-state index contributed by atoms with van der Waals surface area (Å²) >= 11 is 0. The molecule has 0 aliphatic heterocycles. The summed E-state index contributed by atoms with van der Waals surface area (Å²) in [5.41, 5.74) is -6.51. The van der Waals surface area contributed by atoms with Crippen molar-refractivity contribution in [3.05, 3.63) is 35.7 Å². The van der Waals surface area contributed by atoms with Crippen LogP contribution in [0.25, 0.3) is 11.1 Å². The van der Waals surface area contributed by atoms with Gasteiger partial charge in [0, 0.05) is 30.8 Å². The first kappa shape index (κ1) is 17.8. The second kappa shape index (κ2) is 5.24. The molecule has 1 aliphatic carbocycles. The van der Waals surface area contributed by atoms with Gasteiger partial charge in [0.25, 0.3) is 15.8 Å². The minimum Gasteiger partial charge on any atom is -0.382 e. The molecule has 136 valence electrons. The predicted octanol–water partition coefficient (Wildman–Crippen LogP) is 2.61. The number of sulfone groups is 1. The maximum atomic E-state index is 13.9. The van der Waals surface area contributed by atoms with Crippen LogP contribution in [0.15, 0.2) is 29.4 Å². The zero-order chi connectivity index (χ0) is 18.8. The van der Waals surface area contributed by atoms with Gasteiger partial charge < -0.3 is 5.11 Å². The van der Waals surface area contributed by atoms with E-state index in [0.717, 1.165) is 6.07 Å². The third-order valence-corrected chi connectivity index (χ3v) is 5.56. The number of alkyl halides is 5. The van der Waals surface area contributed by atoms with Crippen LogP contribution in [0.4, 0.5) is 22.0 Å². The number of aryl methyl sites for hydroxylation is 1. The Morgan fingerprint density at radius 1 is 1.32 bits per heavy atom. The molecule has 3 rings (SSSR count). The summed E-state index contributed by atoms with van der Waals surface area (Å²) in [7, 11) is -4.34. The van der Waals surface area contributed by atoms with E-state index in [1.165, 1.54) is 17.1 Å². The van der Waals surface area contributed by atoms with Crippen LogP contribution >= 0.6 is 0 Å². The van der Waals surface area contributed by atoms with Gasteiger partial charge in [-0.05, 0) is 17.2 Å². The largest absolute Gasteiger partial charge is 0.501 e. The molecule has 0 bridgehead atoms. The van der Waals surface area contributed by atoms with Crippen LogP contribution in [0.5, 0.6) is 0 Å². The Balaban J connectivity index is 2.32. The molecule has 0 unspecified atom stereocenters. The first-order chi connectivity index (χ1) is 11.4. The lowest BCUT2D eigenvalue weighted by Crippen LogP contribution is -2.26. The fourth-order valence-corrected chi connectivity index (χ4v) is 3.89. The van der Waals surface area contributed by atoms with E-state index in [0.29, 0.717) is 11.6 Å². The Bertz CT molecular complexity index is 950. The van der Waals surface area contributed by atoms with Crippen LogP contribution in [0.3, 0.4) is 0 Å². The fraction of sp³-hybridized carbons (Fsp3) is 0.357. The van der Waals surface area contributed by atoms with Gasteiger partial charge in [-0.15, -0.1) is 0 Å². The van der Waals surface area contributed by atoms with E-state index in [9.17, 15) is 35.5 Å². The molecule has 0 spiro atoms. The highest BCUT2D eigenvalue weighted by Gasteiger charge is 2.54. The molecule has 2 aromatic rings. The SMILES string of the molecule is Cn1cc(-c2ccc(S(=O)(=O)C(F)(F)F)c3c2CC(F)(F)[C@H]3O)cn1. The number of aliphatic hydroxyl groups excluding tert-OH is 1. The summed E-state index contributed by atoms with van der Waals surface area (Å²) in [6, 6.07) is 1.61. The van der Waals surface area contributed by atoms with Crippen molar-refractivity contribution in [2.45, 2.75) is 28.9 Å². The van der Waals surface area contributed by atoms with Crippen LogP contribution in [0, 0.1) is 0 Å². The fourth-order valence-electron chi connectivity index (χ4n) is 2.87. The quantitative estimate of drug-likeness (QED) is 0.811. The second-order valence-electron chi connectivity index (χ2n) is 5.70. The van der Waals surface area contributed by atoms with Gasteiger partial charge >= 0.3 is 5.51 Å². The van der Waals surface area contributed by atoms with Gasteiger partial charge in [-0.25, -0.2) is 17.2 Å². The highest BCUT2D eigenvalue weighted by molar-refractivity contribution is 7.92. The smallest absolute Gasteiger partial charge is 0.382 e. The maximum Gasteiger partial charge on any atom is 0.501 e. The number of benzene rings is 1. The van der Waals surface area contributed by atoms with Crippen molar-refractivity contribution in [2.24, 2.45) is 7.05 Å². The number of hydrogen-bond donors (Lipinski definition) is 1. The van der Waals surface area contributed by atoms with Gasteiger partial charge in [-0.2, -0.15) is 18.3 Å². The molecule has 0 saturated carbocycles. The van der Waals surface area contributed by atoms with Gasteiger partial charge in [0.15, 0.2) is 0 Å². The molecular weight excluding hydrogens is 371 g/mol. The summed E-state index contributed by atoms with van der Waals surface area (Å²) in [5, 5.41) is 13.6. The Morgan fingerprint density at radius 2 is 1.96 bits per heavy atom. The summed E-state index contributed by atoms with van der Waals surface area (Å²) in [5.74, 6) is -3.78. The summed E-state index contributed by atoms with van der Waals surface area (Å²) < 4.78 is 91.3. The van der Waals surface area contributed by atoms with Crippen molar-refractivity contribution in [3.8, 4) is 11.1 Å². The third kappa shape index (κ3) is 2.61. The van der Waals surface area contributed by atoms with Crippen LogP contribution in [-0.4, -0.2) is 34.7 Å². The second-order valence-corrected chi connectivity index (χ2v) is 7.61. The Hall–Kier alpha value is -2.01. The number of hydrogen-bond acceptors (Lipinski definition) is 4. The molecule has 0 radical (unpaired) electrons. The number of nitrogens with zero attached hydrogens (tertiary/aromatic N) is 2. The van der Waals surface area contributed by atoms with E-state index in [1.807, 2.05) is 0 Å². The lowest BCUT2D eigenvalue weighted by molar-refractivity contribution is -0.0977. The molecule has 1 aliphatic rings. The van der Waals surface area contributed by atoms with E-state index in [4.69, 9.17) is 0 Å². The number of halogens is 5. The van der Waals surface area contributed by atoms with Crippen molar-refractivity contribution >= 4 is 9.84 Å². The normalized spacial score (nSPS) is 19.9. The Kier molecular flexibility index (Phi) is 3.73. The monoisotopic (exact) mass is 382 g/mol. The van der Waals surface area contributed by atoms with Crippen molar-refractivity contribution in [1.82, 2.24) is 9.78 Å². The number of fused-ring (bicyclic) bond motifs is 1. The Morgan fingerprint density at radius 3 is 2.48 bits per heavy atom. The van der Waals surface area contributed by atoms with Crippen molar-refractivity contribution < 1.29 is 35.5 Å². The summed E-state index contributed by atoms with van der Waals surface area (Å²) in [6.07, 6.45) is -0.979. The molecule has 25 heavy (non-hydrogen) atoms. The van der Waals surface area contributed by atoms with E-state index < -0.39 is 44.3 Å². The van der Waals surface area contributed by atoms with Gasteiger partial charge in [-0.3, -0.25) is 4.68 Å². The molecule has 1 aromatic carbocycles. The minimum absolute atomic E-state index is 0.0976. The zero-order valence-corrected chi connectivity index (χ0v) is 13.4. The summed E-state index contributed by atoms with van der Waals surface area (Å²) in [4.78, 5) is -1.35. The van der Waals surface area contributed by atoms with Gasteiger partial charge in [0.1, 0.15) is 6.10 Å². The number of rotatable bonds is 2. The molecule has 0 fully saturated rings. The van der Waals surface area contributed by atoms with Gasteiger partial charge in [0.2, 0.25) is 0 Å². The lowest BCUT2D eigenvalue weighted by atomic mass is 9.99. The highest BCUT2D eigenvalue weighted by atomic mass is 32.2. The molecule has 0 amide bonds. The molecule has 1 aromatic heterocycles. The first-order valence-electron chi connectivity index (χ1n) is 6.88. The third-order valence-electron chi connectivity index (χ3n) is 4.01. The molecule has 11 heteroatoms. The topological polar surface area (TPSA) is 72.2 Å². The van der Waals surface area contributed by atoms with Crippen molar-refractivity contribution in [1.29, 1.82) is 0 Å². The molecule has 1 N–H and O–H groups in total. The van der Waals surface area contributed by atoms with Crippen LogP contribution in [-0.2, 0) is 23.3 Å².